The third-order valence-corrected chi connectivity index (χ3v) is 4.49. The van der Waals surface area contributed by atoms with E-state index in [0.29, 0.717) is 17.5 Å². The molecule has 1 amide bonds. The SMILES string of the molecule is CCC1CCc2cc(NC(=O)c3ccc(C(N)=NC)cc3)ccc2O1. The fraction of sp³-hybridized carbons (Fsp3) is 0.300. The van der Waals surface area contributed by atoms with Crippen molar-refractivity contribution in [3.8, 4) is 5.75 Å². The number of fused-ring (bicyclic) bond motifs is 1. The minimum absolute atomic E-state index is 0.151. The fourth-order valence-corrected chi connectivity index (χ4v) is 2.93. The van der Waals surface area contributed by atoms with Crippen molar-refractivity contribution in [3.63, 3.8) is 0 Å². The van der Waals surface area contributed by atoms with Crippen molar-refractivity contribution in [2.45, 2.75) is 32.3 Å². The summed E-state index contributed by atoms with van der Waals surface area (Å²) in [4.78, 5) is 16.4. The van der Waals surface area contributed by atoms with Crippen LogP contribution in [0.1, 0.15) is 41.3 Å². The average molecular weight is 337 g/mol. The van der Waals surface area contributed by atoms with Crippen molar-refractivity contribution in [2.24, 2.45) is 10.7 Å². The molecule has 0 aromatic heterocycles. The number of rotatable bonds is 4. The molecular weight excluding hydrogens is 314 g/mol. The molecule has 130 valence electrons. The molecule has 2 aromatic carbocycles. The highest BCUT2D eigenvalue weighted by Crippen LogP contribution is 2.31. The number of amidine groups is 1. The Hall–Kier alpha value is -2.82. The number of aryl methyl sites for hydroxylation is 1. The van der Waals surface area contributed by atoms with Crippen molar-refractivity contribution in [3.05, 3.63) is 59.2 Å². The molecule has 1 aliphatic rings. The molecule has 0 radical (unpaired) electrons. The average Bonchev–Trinajstić information content (AvgIpc) is 2.67. The second-order valence-electron chi connectivity index (χ2n) is 6.15. The molecule has 1 atom stereocenters. The largest absolute Gasteiger partial charge is 0.490 e. The van der Waals surface area contributed by atoms with Gasteiger partial charge in [0.15, 0.2) is 0 Å². The zero-order chi connectivity index (χ0) is 17.8. The summed E-state index contributed by atoms with van der Waals surface area (Å²) in [6.07, 6.45) is 3.30. The van der Waals surface area contributed by atoms with Crippen LogP contribution in [0.3, 0.4) is 0 Å². The Labute approximate surface area is 147 Å². The van der Waals surface area contributed by atoms with Gasteiger partial charge in [-0.25, -0.2) is 0 Å². The van der Waals surface area contributed by atoms with Gasteiger partial charge >= 0.3 is 0 Å². The van der Waals surface area contributed by atoms with Crippen LogP contribution in [0.5, 0.6) is 5.75 Å². The minimum Gasteiger partial charge on any atom is -0.490 e. The van der Waals surface area contributed by atoms with E-state index < -0.39 is 0 Å². The molecule has 0 saturated heterocycles. The van der Waals surface area contributed by atoms with E-state index in [-0.39, 0.29) is 5.91 Å². The van der Waals surface area contributed by atoms with E-state index in [1.165, 1.54) is 0 Å². The van der Waals surface area contributed by atoms with Crippen molar-refractivity contribution >= 4 is 17.4 Å². The number of anilines is 1. The Morgan fingerprint density at radius 1 is 1.24 bits per heavy atom. The summed E-state index contributed by atoms with van der Waals surface area (Å²) >= 11 is 0. The van der Waals surface area contributed by atoms with E-state index in [0.717, 1.165) is 41.8 Å². The highest BCUT2D eigenvalue weighted by molar-refractivity contribution is 6.05. The third kappa shape index (κ3) is 3.82. The van der Waals surface area contributed by atoms with E-state index in [9.17, 15) is 4.79 Å². The number of nitrogens with zero attached hydrogens (tertiary/aromatic N) is 1. The summed E-state index contributed by atoms with van der Waals surface area (Å²) in [5.41, 5.74) is 9.07. The number of aliphatic imine (C=N–C) groups is 1. The number of nitrogens with two attached hydrogens (primary N) is 1. The second-order valence-corrected chi connectivity index (χ2v) is 6.15. The van der Waals surface area contributed by atoms with Crippen LogP contribution in [0.25, 0.3) is 0 Å². The van der Waals surface area contributed by atoms with Crippen LogP contribution >= 0.6 is 0 Å². The van der Waals surface area contributed by atoms with Gasteiger partial charge in [-0.05, 0) is 55.2 Å². The molecule has 0 spiro atoms. The zero-order valence-corrected chi connectivity index (χ0v) is 14.6. The Balaban J connectivity index is 1.71. The van der Waals surface area contributed by atoms with E-state index in [4.69, 9.17) is 10.5 Å². The number of amides is 1. The molecule has 3 rings (SSSR count). The molecule has 0 fully saturated rings. The Kier molecular flexibility index (Phi) is 5.03. The molecule has 1 unspecified atom stereocenters. The standard InChI is InChI=1S/C20H23N3O2/c1-3-17-10-8-15-12-16(9-11-18(15)25-17)23-20(24)14-6-4-13(5-7-14)19(21)22-2/h4-7,9,11-12,17H,3,8,10H2,1-2H3,(H2,21,22)(H,23,24). The van der Waals surface area contributed by atoms with E-state index in [1.807, 2.05) is 18.2 Å². The van der Waals surface area contributed by atoms with E-state index in [2.05, 4.69) is 17.2 Å². The molecule has 0 saturated carbocycles. The van der Waals surface area contributed by atoms with Crippen molar-refractivity contribution < 1.29 is 9.53 Å². The maximum atomic E-state index is 12.4. The lowest BCUT2D eigenvalue weighted by Crippen LogP contribution is -2.21. The van der Waals surface area contributed by atoms with Gasteiger partial charge in [0.05, 0.1) is 6.10 Å². The third-order valence-electron chi connectivity index (χ3n) is 4.49. The summed E-state index contributed by atoms with van der Waals surface area (Å²) in [6, 6.07) is 12.9. The predicted octanol–water partition coefficient (Wildman–Crippen LogP) is 3.38. The Morgan fingerprint density at radius 3 is 2.64 bits per heavy atom. The van der Waals surface area contributed by atoms with Gasteiger partial charge in [0.2, 0.25) is 0 Å². The molecule has 5 nitrogen and oxygen atoms in total. The predicted molar refractivity (Wildman–Crippen MR) is 101 cm³/mol. The molecular formula is C20H23N3O2. The van der Waals surface area contributed by atoms with Crippen LogP contribution < -0.4 is 15.8 Å². The first kappa shape index (κ1) is 17.0. The Bertz CT molecular complexity index is 797. The Morgan fingerprint density at radius 2 is 1.96 bits per heavy atom. The molecule has 0 bridgehead atoms. The van der Waals surface area contributed by atoms with E-state index in [1.54, 1.807) is 31.3 Å². The van der Waals surface area contributed by atoms with Crippen molar-refractivity contribution in [2.75, 3.05) is 12.4 Å². The fourth-order valence-electron chi connectivity index (χ4n) is 2.93. The van der Waals surface area contributed by atoms with Gasteiger partial charge in [0.25, 0.3) is 5.91 Å². The summed E-state index contributed by atoms with van der Waals surface area (Å²) in [5.74, 6) is 1.23. The molecule has 25 heavy (non-hydrogen) atoms. The molecule has 5 heteroatoms. The van der Waals surface area contributed by atoms with Crippen LogP contribution in [-0.4, -0.2) is 24.9 Å². The molecule has 0 aliphatic carbocycles. The summed E-state index contributed by atoms with van der Waals surface area (Å²) in [6.45, 7) is 2.13. The first-order valence-corrected chi connectivity index (χ1v) is 8.54. The minimum atomic E-state index is -0.151. The van der Waals surface area contributed by atoms with Crippen LogP contribution in [-0.2, 0) is 6.42 Å². The number of benzene rings is 2. The maximum Gasteiger partial charge on any atom is 0.255 e. The van der Waals surface area contributed by atoms with Crippen LogP contribution in [0.4, 0.5) is 5.69 Å². The topological polar surface area (TPSA) is 76.7 Å². The smallest absolute Gasteiger partial charge is 0.255 e. The molecule has 3 N–H and O–H groups in total. The normalized spacial score (nSPS) is 16.7. The molecule has 1 heterocycles. The number of hydrogen-bond acceptors (Lipinski definition) is 3. The van der Waals surface area contributed by atoms with Gasteiger partial charge < -0.3 is 15.8 Å². The molecule has 1 aliphatic heterocycles. The first-order valence-electron chi connectivity index (χ1n) is 8.54. The number of nitrogens with one attached hydrogen (secondary N) is 1. The highest BCUT2D eigenvalue weighted by atomic mass is 16.5. The van der Waals surface area contributed by atoms with Gasteiger partial charge in [-0.1, -0.05) is 19.1 Å². The number of carbonyl (C=O) groups is 1. The summed E-state index contributed by atoms with van der Waals surface area (Å²) in [5, 5.41) is 2.94. The van der Waals surface area contributed by atoms with Crippen LogP contribution in [0.2, 0.25) is 0 Å². The lowest BCUT2D eigenvalue weighted by Gasteiger charge is -2.25. The monoisotopic (exact) mass is 337 g/mol. The number of hydrogen-bond donors (Lipinski definition) is 2. The summed E-state index contributed by atoms with van der Waals surface area (Å²) in [7, 11) is 1.64. The maximum absolute atomic E-state index is 12.4. The second kappa shape index (κ2) is 7.38. The van der Waals surface area contributed by atoms with Crippen molar-refractivity contribution in [1.29, 1.82) is 0 Å². The van der Waals surface area contributed by atoms with Gasteiger partial charge in [-0.3, -0.25) is 9.79 Å². The number of ether oxygens (including phenoxy) is 1. The summed E-state index contributed by atoms with van der Waals surface area (Å²) < 4.78 is 5.94. The van der Waals surface area contributed by atoms with Crippen LogP contribution in [0, 0.1) is 0 Å². The van der Waals surface area contributed by atoms with Gasteiger partial charge in [-0.2, -0.15) is 0 Å². The van der Waals surface area contributed by atoms with Crippen LogP contribution in [0.15, 0.2) is 47.5 Å². The lowest BCUT2D eigenvalue weighted by atomic mass is 10.0. The highest BCUT2D eigenvalue weighted by Gasteiger charge is 2.18. The van der Waals surface area contributed by atoms with E-state index >= 15 is 0 Å². The van der Waals surface area contributed by atoms with Gasteiger partial charge in [0, 0.05) is 23.9 Å². The quantitative estimate of drug-likeness (QED) is 0.663. The van der Waals surface area contributed by atoms with Gasteiger partial charge in [-0.15, -0.1) is 0 Å². The first-order chi connectivity index (χ1) is 12.1. The van der Waals surface area contributed by atoms with Gasteiger partial charge in [0.1, 0.15) is 11.6 Å². The number of carbonyl (C=O) groups excluding carboxylic acids is 1. The van der Waals surface area contributed by atoms with Crippen molar-refractivity contribution in [1.82, 2.24) is 0 Å². The zero-order valence-electron chi connectivity index (χ0n) is 14.6. The molecule has 2 aromatic rings. The lowest BCUT2D eigenvalue weighted by molar-refractivity contribution is 0.102.